The van der Waals surface area contributed by atoms with E-state index in [0.717, 1.165) is 25.8 Å². The van der Waals surface area contributed by atoms with E-state index >= 15 is 0 Å². The molecule has 1 aromatic carbocycles. The van der Waals surface area contributed by atoms with Gasteiger partial charge in [-0.25, -0.2) is 8.78 Å². The van der Waals surface area contributed by atoms with Gasteiger partial charge in [0.2, 0.25) is 0 Å². The Balaban J connectivity index is 1.90. The molecule has 2 saturated heterocycles. The molecule has 2 heterocycles. The lowest BCUT2D eigenvalue weighted by Gasteiger charge is -2.29. The third kappa shape index (κ3) is 2.28. The predicted molar refractivity (Wildman–Crippen MR) is 68.8 cm³/mol. The van der Waals surface area contributed by atoms with Crippen LogP contribution in [0.3, 0.4) is 0 Å². The summed E-state index contributed by atoms with van der Waals surface area (Å²) < 4.78 is 33.3. The van der Waals surface area contributed by atoms with E-state index in [1.165, 1.54) is 6.07 Å². The first-order valence-electron chi connectivity index (χ1n) is 7.03. The third-order valence-electron chi connectivity index (χ3n) is 4.32. The van der Waals surface area contributed by atoms with Gasteiger partial charge in [0.15, 0.2) is 11.6 Å². The van der Waals surface area contributed by atoms with E-state index in [0.29, 0.717) is 11.7 Å². The van der Waals surface area contributed by atoms with E-state index in [2.05, 4.69) is 5.32 Å². The molecule has 2 aliphatic heterocycles. The van der Waals surface area contributed by atoms with Crippen molar-refractivity contribution in [3.05, 3.63) is 35.4 Å². The van der Waals surface area contributed by atoms with Crippen molar-refractivity contribution in [2.45, 2.75) is 44.4 Å². The van der Waals surface area contributed by atoms with Crippen LogP contribution in [0.4, 0.5) is 8.78 Å². The van der Waals surface area contributed by atoms with Gasteiger partial charge in [0.1, 0.15) is 0 Å². The van der Waals surface area contributed by atoms with Crippen LogP contribution in [0.5, 0.6) is 0 Å². The zero-order valence-electron chi connectivity index (χ0n) is 11.0. The van der Waals surface area contributed by atoms with E-state index in [1.807, 2.05) is 6.92 Å². The summed E-state index contributed by atoms with van der Waals surface area (Å²) in [7, 11) is 0. The van der Waals surface area contributed by atoms with Gasteiger partial charge in [-0.1, -0.05) is 19.1 Å². The normalized spacial score (nSPS) is 30.8. The summed E-state index contributed by atoms with van der Waals surface area (Å²) in [6.45, 7) is 2.72. The number of nitrogens with one attached hydrogen (secondary N) is 1. The highest BCUT2D eigenvalue weighted by molar-refractivity contribution is 5.24. The quantitative estimate of drug-likeness (QED) is 0.904. The van der Waals surface area contributed by atoms with E-state index in [1.54, 1.807) is 12.1 Å². The Labute approximate surface area is 112 Å². The Morgan fingerprint density at radius 2 is 2.21 bits per heavy atom. The minimum absolute atomic E-state index is 0.156. The smallest absolute Gasteiger partial charge is 0.163 e. The van der Waals surface area contributed by atoms with Crippen LogP contribution in [0.15, 0.2) is 18.2 Å². The molecule has 1 aromatic rings. The van der Waals surface area contributed by atoms with Gasteiger partial charge in [0.25, 0.3) is 0 Å². The number of benzene rings is 1. The summed E-state index contributed by atoms with van der Waals surface area (Å²) in [6.07, 6.45) is 3.59. The molecular formula is C15H19F2NO. The Kier molecular flexibility index (Phi) is 3.54. The first-order valence-corrected chi connectivity index (χ1v) is 7.03. The SMILES string of the molecule is CCNC(c1cccc(F)c1F)C1CC2CCC1O2. The molecule has 104 valence electrons. The van der Waals surface area contributed by atoms with Gasteiger partial charge in [-0.3, -0.25) is 0 Å². The molecule has 4 unspecified atom stereocenters. The van der Waals surface area contributed by atoms with Gasteiger partial charge in [-0.15, -0.1) is 0 Å². The standard InChI is InChI=1S/C15H19F2NO/c1-2-18-15(10-4-3-5-12(16)14(10)17)11-8-9-6-7-13(11)19-9/h3-5,9,11,13,15,18H,2,6-8H2,1H3. The summed E-state index contributed by atoms with van der Waals surface area (Å²) in [5.41, 5.74) is 0.433. The van der Waals surface area contributed by atoms with Crippen molar-refractivity contribution in [3.8, 4) is 0 Å². The molecule has 4 heteroatoms. The molecule has 2 bridgehead atoms. The van der Waals surface area contributed by atoms with Crippen LogP contribution < -0.4 is 5.32 Å². The van der Waals surface area contributed by atoms with Gasteiger partial charge < -0.3 is 10.1 Å². The van der Waals surface area contributed by atoms with Gasteiger partial charge in [-0.2, -0.15) is 0 Å². The van der Waals surface area contributed by atoms with Crippen molar-refractivity contribution in [1.29, 1.82) is 0 Å². The number of rotatable bonds is 4. The first kappa shape index (κ1) is 13.0. The average molecular weight is 267 g/mol. The van der Waals surface area contributed by atoms with Crippen molar-refractivity contribution in [1.82, 2.24) is 5.32 Å². The second-order valence-corrected chi connectivity index (χ2v) is 5.45. The Bertz CT molecular complexity index is 465. The van der Waals surface area contributed by atoms with Crippen molar-refractivity contribution in [2.75, 3.05) is 6.54 Å². The number of ether oxygens (including phenoxy) is 1. The Hall–Kier alpha value is -1.00. The maximum Gasteiger partial charge on any atom is 0.163 e. The number of halogens is 2. The number of fused-ring (bicyclic) bond motifs is 2. The fraction of sp³-hybridized carbons (Fsp3) is 0.600. The van der Waals surface area contributed by atoms with Crippen molar-refractivity contribution < 1.29 is 13.5 Å². The highest BCUT2D eigenvalue weighted by Gasteiger charge is 2.45. The van der Waals surface area contributed by atoms with Gasteiger partial charge in [0.05, 0.1) is 12.2 Å². The molecule has 4 atom stereocenters. The maximum atomic E-state index is 14.0. The molecule has 0 radical (unpaired) electrons. The van der Waals surface area contributed by atoms with Crippen molar-refractivity contribution >= 4 is 0 Å². The van der Waals surface area contributed by atoms with E-state index in [-0.39, 0.29) is 18.1 Å². The molecule has 0 saturated carbocycles. The summed E-state index contributed by atoms with van der Waals surface area (Å²) in [4.78, 5) is 0. The third-order valence-corrected chi connectivity index (χ3v) is 4.32. The topological polar surface area (TPSA) is 21.3 Å². The predicted octanol–water partition coefficient (Wildman–Crippen LogP) is 3.18. The molecule has 3 rings (SSSR count). The van der Waals surface area contributed by atoms with Crippen LogP contribution in [0.25, 0.3) is 0 Å². The summed E-state index contributed by atoms with van der Waals surface area (Å²) >= 11 is 0. The number of hydrogen-bond donors (Lipinski definition) is 1. The largest absolute Gasteiger partial charge is 0.375 e. The molecule has 0 amide bonds. The molecule has 2 fully saturated rings. The van der Waals surface area contributed by atoms with Gasteiger partial charge in [-0.05, 0) is 31.9 Å². The lowest BCUT2D eigenvalue weighted by Crippen LogP contribution is -2.34. The second kappa shape index (κ2) is 5.17. The van der Waals surface area contributed by atoms with Crippen LogP contribution in [0.1, 0.15) is 37.8 Å². The van der Waals surface area contributed by atoms with Crippen molar-refractivity contribution in [3.63, 3.8) is 0 Å². The lowest BCUT2D eigenvalue weighted by molar-refractivity contribution is 0.0854. The molecule has 0 aliphatic carbocycles. The van der Waals surface area contributed by atoms with Crippen LogP contribution in [0.2, 0.25) is 0 Å². The molecule has 0 spiro atoms. The highest BCUT2D eigenvalue weighted by Crippen LogP contribution is 2.45. The molecule has 1 N–H and O–H groups in total. The fourth-order valence-corrected chi connectivity index (χ4v) is 3.50. The Morgan fingerprint density at radius 1 is 1.37 bits per heavy atom. The van der Waals surface area contributed by atoms with E-state index in [4.69, 9.17) is 4.74 Å². The zero-order chi connectivity index (χ0) is 13.4. The monoisotopic (exact) mass is 267 g/mol. The molecule has 2 aliphatic rings. The van der Waals surface area contributed by atoms with E-state index in [9.17, 15) is 8.78 Å². The van der Waals surface area contributed by atoms with Crippen LogP contribution >= 0.6 is 0 Å². The summed E-state index contributed by atoms with van der Waals surface area (Å²) in [5.74, 6) is -1.25. The first-order chi connectivity index (χ1) is 9.20. The fourth-order valence-electron chi connectivity index (χ4n) is 3.50. The van der Waals surface area contributed by atoms with Crippen LogP contribution in [-0.4, -0.2) is 18.8 Å². The molecule has 19 heavy (non-hydrogen) atoms. The second-order valence-electron chi connectivity index (χ2n) is 5.45. The van der Waals surface area contributed by atoms with Crippen LogP contribution in [-0.2, 0) is 4.74 Å². The summed E-state index contributed by atoms with van der Waals surface area (Å²) in [5, 5.41) is 3.31. The maximum absolute atomic E-state index is 14.0. The highest BCUT2D eigenvalue weighted by atomic mass is 19.2. The van der Waals surface area contributed by atoms with Gasteiger partial charge >= 0.3 is 0 Å². The van der Waals surface area contributed by atoms with Crippen molar-refractivity contribution in [2.24, 2.45) is 5.92 Å². The average Bonchev–Trinajstić information content (AvgIpc) is 3.02. The minimum atomic E-state index is -0.774. The van der Waals surface area contributed by atoms with Gasteiger partial charge in [0, 0.05) is 17.5 Å². The molecular weight excluding hydrogens is 248 g/mol. The summed E-state index contributed by atoms with van der Waals surface area (Å²) in [6, 6.07) is 4.26. The molecule has 2 nitrogen and oxygen atoms in total. The molecule has 0 aromatic heterocycles. The minimum Gasteiger partial charge on any atom is -0.375 e. The van der Waals surface area contributed by atoms with Crippen LogP contribution in [0, 0.1) is 17.6 Å². The number of hydrogen-bond acceptors (Lipinski definition) is 2. The zero-order valence-corrected chi connectivity index (χ0v) is 11.0. The Morgan fingerprint density at radius 3 is 2.84 bits per heavy atom. The lowest BCUT2D eigenvalue weighted by atomic mass is 9.81. The van der Waals surface area contributed by atoms with E-state index < -0.39 is 11.6 Å².